The molecule has 1 heterocycles. The third-order valence-corrected chi connectivity index (χ3v) is 3.31. The highest BCUT2D eigenvalue weighted by atomic mass is 15.2. The summed E-state index contributed by atoms with van der Waals surface area (Å²) < 4.78 is 0. The van der Waals surface area contributed by atoms with E-state index in [0.29, 0.717) is 6.04 Å². The van der Waals surface area contributed by atoms with Crippen LogP contribution in [0.1, 0.15) is 32.4 Å². The van der Waals surface area contributed by atoms with E-state index >= 15 is 0 Å². The van der Waals surface area contributed by atoms with Crippen molar-refractivity contribution in [3.63, 3.8) is 0 Å². The molecule has 1 aliphatic rings. The third-order valence-electron chi connectivity index (χ3n) is 3.31. The summed E-state index contributed by atoms with van der Waals surface area (Å²) in [5, 5.41) is 3.45. The van der Waals surface area contributed by atoms with Gasteiger partial charge in [0.2, 0.25) is 0 Å². The summed E-state index contributed by atoms with van der Waals surface area (Å²) in [4.78, 5) is 2.45. The number of anilines is 1. The molecule has 88 valence electrons. The molecule has 1 aliphatic heterocycles. The lowest BCUT2D eigenvalue weighted by Crippen LogP contribution is -2.45. The van der Waals surface area contributed by atoms with E-state index < -0.39 is 0 Å². The molecule has 1 fully saturated rings. The van der Waals surface area contributed by atoms with E-state index in [1.807, 2.05) is 0 Å². The first kappa shape index (κ1) is 11.5. The number of hydrogen-bond acceptors (Lipinski definition) is 2. The van der Waals surface area contributed by atoms with Gasteiger partial charge in [-0.1, -0.05) is 26.0 Å². The molecule has 1 aromatic carbocycles. The van der Waals surface area contributed by atoms with Gasteiger partial charge in [-0.3, -0.25) is 0 Å². The molecule has 2 heteroatoms. The lowest BCUT2D eigenvalue weighted by molar-refractivity contribution is 0.447. The molecule has 0 aromatic heterocycles. The normalized spacial score (nSPS) is 18.3. The Bertz CT molecular complexity index is 322. The van der Waals surface area contributed by atoms with Gasteiger partial charge in [0.25, 0.3) is 0 Å². The van der Waals surface area contributed by atoms with Crippen molar-refractivity contribution in [1.82, 2.24) is 5.32 Å². The fraction of sp³-hybridized carbons (Fsp3) is 0.571. The van der Waals surface area contributed by atoms with Gasteiger partial charge in [-0.25, -0.2) is 0 Å². The van der Waals surface area contributed by atoms with Crippen LogP contribution in [-0.2, 0) is 0 Å². The van der Waals surface area contributed by atoms with E-state index in [4.69, 9.17) is 0 Å². The molecule has 1 atom stereocenters. The van der Waals surface area contributed by atoms with Crippen molar-refractivity contribution < 1.29 is 0 Å². The Balaban J connectivity index is 2.07. The van der Waals surface area contributed by atoms with Crippen molar-refractivity contribution in [3.8, 4) is 0 Å². The van der Waals surface area contributed by atoms with Gasteiger partial charge in [-0.15, -0.1) is 0 Å². The largest absolute Gasteiger partial charge is 0.371 e. The molecule has 1 saturated heterocycles. The van der Waals surface area contributed by atoms with E-state index in [-0.39, 0.29) is 0 Å². The zero-order valence-electron chi connectivity index (χ0n) is 10.5. The predicted octanol–water partition coefficient (Wildman–Crippen LogP) is 2.81. The second-order valence-corrected chi connectivity index (χ2v) is 4.88. The summed E-state index contributed by atoms with van der Waals surface area (Å²) in [6, 6.07) is 9.36. The molecule has 1 aromatic rings. The van der Waals surface area contributed by atoms with Crippen molar-refractivity contribution in [2.75, 3.05) is 24.5 Å². The fourth-order valence-corrected chi connectivity index (χ4v) is 2.32. The lowest BCUT2D eigenvalue weighted by Gasteiger charge is -2.39. The number of nitrogens with zero attached hydrogens (tertiary/aromatic N) is 1. The second kappa shape index (κ2) is 4.88. The Kier molecular flexibility index (Phi) is 3.49. The monoisotopic (exact) mass is 218 g/mol. The third kappa shape index (κ3) is 2.38. The average Bonchev–Trinajstić information content (AvgIpc) is 2.25. The molecular weight excluding hydrogens is 196 g/mol. The molecule has 0 saturated carbocycles. The highest BCUT2D eigenvalue weighted by Gasteiger charge is 2.22. The van der Waals surface area contributed by atoms with Crippen LogP contribution in [0.3, 0.4) is 0 Å². The van der Waals surface area contributed by atoms with Crippen molar-refractivity contribution in [3.05, 3.63) is 29.8 Å². The minimum Gasteiger partial charge on any atom is -0.371 e. The first-order valence-electron chi connectivity index (χ1n) is 6.29. The summed E-state index contributed by atoms with van der Waals surface area (Å²) >= 11 is 0. The average molecular weight is 218 g/mol. The van der Waals surface area contributed by atoms with Gasteiger partial charge in [-0.2, -0.15) is 0 Å². The molecular formula is C14H22N2. The SMILES string of the molecule is CCNC(C)c1cccc(N2CC(C)C2)c1. The van der Waals surface area contributed by atoms with Crippen LogP contribution in [0.4, 0.5) is 5.69 Å². The maximum atomic E-state index is 3.45. The van der Waals surface area contributed by atoms with Crippen LogP contribution in [-0.4, -0.2) is 19.6 Å². The summed E-state index contributed by atoms with van der Waals surface area (Å²) in [5.74, 6) is 0.856. The van der Waals surface area contributed by atoms with Crippen molar-refractivity contribution >= 4 is 5.69 Å². The van der Waals surface area contributed by atoms with Crippen LogP contribution in [0.5, 0.6) is 0 Å². The Morgan fingerprint density at radius 2 is 2.19 bits per heavy atom. The van der Waals surface area contributed by atoms with Crippen LogP contribution in [0.15, 0.2) is 24.3 Å². The van der Waals surface area contributed by atoms with E-state index in [9.17, 15) is 0 Å². The minimum absolute atomic E-state index is 0.448. The zero-order valence-corrected chi connectivity index (χ0v) is 10.5. The van der Waals surface area contributed by atoms with Crippen LogP contribution in [0.25, 0.3) is 0 Å². The topological polar surface area (TPSA) is 15.3 Å². The van der Waals surface area contributed by atoms with Gasteiger partial charge < -0.3 is 10.2 Å². The van der Waals surface area contributed by atoms with E-state index in [0.717, 1.165) is 12.5 Å². The maximum Gasteiger partial charge on any atom is 0.0369 e. The van der Waals surface area contributed by atoms with Gasteiger partial charge in [0, 0.05) is 24.8 Å². The number of rotatable bonds is 4. The summed E-state index contributed by atoms with van der Waals surface area (Å²) in [5.41, 5.74) is 2.76. The molecule has 16 heavy (non-hydrogen) atoms. The molecule has 0 spiro atoms. The molecule has 0 aliphatic carbocycles. The van der Waals surface area contributed by atoms with Gasteiger partial charge in [-0.05, 0) is 37.1 Å². The Morgan fingerprint density at radius 1 is 1.44 bits per heavy atom. The first-order chi connectivity index (χ1) is 7.70. The smallest absolute Gasteiger partial charge is 0.0369 e. The van der Waals surface area contributed by atoms with E-state index in [1.54, 1.807) is 0 Å². The van der Waals surface area contributed by atoms with Gasteiger partial charge >= 0.3 is 0 Å². The summed E-state index contributed by atoms with van der Waals surface area (Å²) in [6.45, 7) is 10.1. The summed E-state index contributed by atoms with van der Waals surface area (Å²) in [7, 11) is 0. The predicted molar refractivity (Wildman–Crippen MR) is 69.9 cm³/mol. The lowest BCUT2D eigenvalue weighted by atomic mass is 10.00. The van der Waals surface area contributed by atoms with E-state index in [1.165, 1.54) is 24.3 Å². The van der Waals surface area contributed by atoms with Crippen LogP contribution in [0, 0.1) is 5.92 Å². The van der Waals surface area contributed by atoms with Gasteiger partial charge in [0.1, 0.15) is 0 Å². The Morgan fingerprint density at radius 3 is 2.81 bits per heavy atom. The van der Waals surface area contributed by atoms with Gasteiger partial charge in [0.15, 0.2) is 0 Å². The van der Waals surface area contributed by atoms with E-state index in [2.05, 4.69) is 55.3 Å². The second-order valence-electron chi connectivity index (χ2n) is 4.88. The molecule has 1 N–H and O–H groups in total. The standard InChI is InChI=1S/C14H22N2/c1-4-15-12(3)13-6-5-7-14(8-13)16-9-11(2)10-16/h5-8,11-12,15H,4,9-10H2,1-3H3. The first-order valence-corrected chi connectivity index (χ1v) is 6.29. The molecule has 0 radical (unpaired) electrons. The number of hydrogen-bond donors (Lipinski definition) is 1. The minimum atomic E-state index is 0.448. The summed E-state index contributed by atoms with van der Waals surface area (Å²) in [6.07, 6.45) is 0. The fourth-order valence-electron chi connectivity index (χ4n) is 2.32. The molecule has 2 rings (SSSR count). The molecule has 0 amide bonds. The quantitative estimate of drug-likeness (QED) is 0.836. The Labute approximate surface area is 98.7 Å². The highest BCUT2D eigenvalue weighted by molar-refractivity contribution is 5.51. The number of benzene rings is 1. The van der Waals surface area contributed by atoms with Crippen molar-refractivity contribution in [2.24, 2.45) is 5.92 Å². The van der Waals surface area contributed by atoms with Crippen molar-refractivity contribution in [1.29, 1.82) is 0 Å². The van der Waals surface area contributed by atoms with Crippen molar-refractivity contribution in [2.45, 2.75) is 26.8 Å². The zero-order chi connectivity index (χ0) is 11.5. The molecule has 1 unspecified atom stereocenters. The maximum absolute atomic E-state index is 3.45. The number of nitrogens with one attached hydrogen (secondary N) is 1. The van der Waals surface area contributed by atoms with Crippen LogP contribution >= 0.6 is 0 Å². The Hall–Kier alpha value is -1.02. The van der Waals surface area contributed by atoms with Crippen LogP contribution in [0.2, 0.25) is 0 Å². The molecule has 0 bridgehead atoms. The van der Waals surface area contributed by atoms with Crippen LogP contribution < -0.4 is 10.2 Å². The molecule has 2 nitrogen and oxygen atoms in total. The van der Waals surface area contributed by atoms with Gasteiger partial charge in [0.05, 0.1) is 0 Å². The highest BCUT2D eigenvalue weighted by Crippen LogP contribution is 2.26.